The maximum Gasteiger partial charge on any atom is 0.137 e. The second kappa shape index (κ2) is 4.32. The van der Waals surface area contributed by atoms with Gasteiger partial charge in [0.2, 0.25) is 0 Å². The minimum Gasteiger partial charge on any atom is -0.339 e. The first-order valence-corrected chi connectivity index (χ1v) is 8.02. The summed E-state index contributed by atoms with van der Waals surface area (Å²) in [5.74, 6) is 0. The molecule has 0 aromatic carbocycles. The zero-order chi connectivity index (χ0) is 14.7. The van der Waals surface area contributed by atoms with Crippen molar-refractivity contribution in [3.05, 3.63) is 41.4 Å². The number of hydrogen-bond acceptors (Lipinski definition) is 2. The summed E-state index contributed by atoms with van der Waals surface area (Å²) in [5.41, 5.74) is 8.92. The molecular weight excluding hydrogens is 272 g/mol. The van der Waals surface area contributed by atoms with Gasteiger partial charge in [-0.25, -0.2) is 4.98 Å². The molecule has 1 fully saturated rings. The molecule has 2 aliphatic rings. The Balaban J connectivity index is 1.62. The lowest BCUT2D eigenvalue weighted by atomic mass is 10.1. The molecule has 4 heteroatoms. The fraction of sp³-hybridized carbons (Fsp3) is 0.333. The van der Waals surface area contributed by atoms with Crippen LogP contribution in [0.15, 0.2) is 30.1 Å². The van der Waals surface area contributed by atoms with E-state index in [-0.39, 0.29) is 0 Å². The lowest BCUT2D eigenvalue weighted by molar-refractivity contribution is 0.656. The Bertz CT molecular complexity index is 920. The second-order valence-corrected chi connectivity index (χ2v) is 6.41. The predicted octanol–water partition coefficient (Wildman–Crippen LogP) is 3.94. The van der Waals surface area contributed by atoms with Crippen LogP contribution in [-0.2, 0) is 13.0 Å². The van der Waals surface area contributed by atoms with E-state index in [2.05, 4.69) is 38.8 Å². The van der Waals surface area contributed by atoms with Crippen LogP contribution in [0.1, 0.15) is 37.4 Å². The molecule has 0 spiro atoms. The number of nitrogens with one attached hydrogen (secondary N) is 1. The molecule has 3 aromatic rings. The predicted molar refractivity (Wildman–Crippen MR) is 87.5 cm³/mol. The molecule has 0 bridgehead atoms. The third-order valence-corrected chi connectivity index (χ3v) is 4.96. The van der Waals surface area contributed by atoms with Crippen molar-refractivity contribution in [3.63, 3.8) is 0 Å². The van der Waals surface area contributed by atoms with Crippen molar-refractivity contribution in [2.24, 2.45) is 0 Å². The molecular formula is C18H18N4. The van der Waals surface area contributed by atoms with Gasteiger partial charge in [-0.2, -0.15) is 5.10 Å². The van der Waals surface area contributed by atoms with Gasteiger partial charge in [-0.15, -0.1) is 0 Å². The van der Waals surface area contributed by atoms with Gasteiger partial charge in [0.25, 0.3) is 0 Å². The fourth-order valence-corrected chi connectivity index (χ4v) is 3.50. The van der Waals surface area contributed by atoms with Crippen LogP contribution in [0.25, 0.3) is 27.9 Å². The van der Waals surface area contributed by atoms with Gasteiger partial charge in [0.1, 0.15) is 5.65 Å². The lowest BCUT2D eigenvalue weighted by Gasteiger charge is -2.00. The smallest absolute Gasteiger partial charge is 0.137 e. The van der Waals surface area contributed by atoms with E-state index in [0.29, 0.717) is 0 Å². The van der Waals surface area contributed by atoms with Crippen LogP contribution in [0.3, 0.4) is 0 Å². The highest BCUT2D eigenvalue weighted by Gasteiger charge is 2.19. The maximum absolute atomic E-state index is 4.62. The molecule has 110 valence electrons. The van der Waals surface area contributed by atoms with Crippen LogP contribution in [0.2, 0.25) is 0 Å². The molecule has 0 radical (unpaired) electrons. The van der Waals surface area contributed by atoms with E-state index in [0.717, 1.165) is 24.3 Å². The van der Waals surface area contributed by atoms with E-state index in [9.17, 15) is 0 Å². The van der Waals surface area contributed by atoms with E-state index in [1.807, 2.05) is 12.4 Å². The number of pyridine rings is 1. The molecule has 1 aliphatic carbocycles. The normalized spacial score (nSPS) is 16.3. The quantitative estimate of drug-likeness (QED) is 0.777. The van der Waals surface area contributed by atoms with Crippen LogP contribution in [-0.4, -0.2) is 19.7 Å². The fourth-order valence-electron chi connectivity index (χ4n) is 3.50. The van der Waals surface area contributed by atoms with Gasteiger partial charge in [-0.1, -0.05) is 5.57 Å². The van der Waals surface area contributed by atoms with Gasteiger partial charge in [0, 0.05) is 29.4 Å². The van der Waals surface area contributed by atoms with Crippen molar-refractivity contribution >= 4 is 16.6 Å². The highest BCUT2D eigenvalue weighted by Crippen LogP contribution is 2.37. The van der Waals surface area contributed by atoms with E-state index < -0.39 is 0 Å². The zero-order valence-corrected chi connectivity index (χ0v) is 12.7. The SMILES string of the molecule is CC(=C1CC1)c1cnc2[nH]c(-c3cnn4c3CCC4)cc2c1. The largest absolute Gasteiger partial charge is 0.339 e. The number of aryl methyl sites for hydroxylation is 1. The van der Waals surface area contributed by atoms with Gasteiger partial charge in [0.15, 0.2) is 0 Å². The highest BCUT2D eigenvalue weighted by atomic mass is 15.3. The van der Waals surface area contributed by atoms with Gasteiger partial charge in [0.05, 0.1) is 11.9 Å². The van der Waals surface area contributed by atoms with Crippen molar-refractivity contribution in [3.8, 4) is 11.3 Å². The van der Waals surface area contributed by atoms with Gasteiger partial charge in [-0.05, 0) is 55.9 Å². The van der Waals surface area contributed by atoms with Gasteiger partial charge in [-0.3, -0.25) is 4.68 Å². The molecule has 4 heterocycles. The zero-order valence-electron chi connectivity index (χ0n) is 12.7. The third kappa shape index (κ3) is 1.76. The van der Waals surface area contributed by atoms with Crippen molar-refractivity contribution in [2.45, 2.75) is 39.2 Å². The number of allylic oxidation sites excluding steroid dienone is 2. The Hall–Kier alpha value is -2.36. The summed E-state index contributed by atoms with van der Waals surface area (Å²) in [7, 11) is 0. The number of hydrogen-bond donors (Lipinski definition) is 1. The minimum absolute atomic E-state index is 0.963. The molecule has 4 nitrogen and oxygen atoms in total. The molecule has 0 amide bonds. The lowest BCUT2D eigenvalue weighted by Crippen LogP contribution is -1.93. The number of H-pyrrole nitrogens is 1. The summed E-state index contributed by atoms with van der Waals surface area (Å²) in [4.78, 5) is 8.08. The minimum atomic E-state index is 0.963. The molecule has 22 heavy (non-hydrogen) atoms. The first kappa shape index (κ1) is 12.2. The number of fused-ring (bicyclic) bond motifs is 2. The molecule has 1 aliphatic heterocycles. The average molecular weight is 290 g/mol. The second-order valence-electron chi connectivity index (χ2n) is 6.41. The Morgan fingerprint density at radius 1 is 1.18 bits per heavy atom. The standard InChI is InChI=1S/C18H18N4/c1-11(12-4-5-12)14-7-13-8-16(21-18(13)19-9-14)15-10-20-22-6-2-3-17(15)22/h7-10H,2-6H2,1H3,(H,19,21). The van der Waals surface area contributed by atoms with E-state index in [4.69, 9.17) is 0 Å². The molecule has 5 rings (SSSR count). The maximum atomic E-state index is 4.62. The number of aromatic amines is 1. The molecule has 1 saturated carbocycles. The summed E-state index contributed by atoms with van der Waals surface area (Å²) < 4.78 is 2.13. The van der Waals surface area contributed by atoms with Crippen molar-refractivity contribution in [1.82, 2.24) is 19.7 Å². The first-order valence-electron chi connectivity index (χ1n) is 8.02. The molecule has 1 N–H and O–H groups in total. The Kier molecular flexibility index (Phi) is 2.40. The third-order valence-electron chi connectivity index (χ3n) is 4.96. The van der Waals surface area contributed by atoms with Crippen LogP contribution >= 0.6 is 0 Å². The monoisotopic (exact) mass is 290 g/mol. The van der Waals surface area contributed by atoms with E-state index >= 15 is 0 Å². The Labute approximate surface area is 128 Å². The van der Waals surface area contributed by atoms with E-state index in [1.54, 1.807) is 5.57 Å². The van der Waals surface area contributed by atoms with Crippen molar-refractivity contribution in [2.75, 3.05) is 0 Å². The average Bonchev–Trinajstić information content (AvgIpc) is 2.95. The Morgan fingerprint density at radius 3 is 2.95 bits per heavy atom. The topological polar surface area (TPSA) is 46.5 Å². The number of rotatable bonds is 2. The van der Waals surface area contributed by atoms with Crippen LogP contribution in [0.5, 0.6) is 0 Å². The molecule has 0 atom stereocenters. The van der Waals surface area contributed by atoms with E-state index in [1.165, 1.54) is 47.0 Å². The van der Waals surface area contributed by atoms with Crippen molar-refractivity contribution in [1.29, 1.82) is 0 Å². The highest BCUT2D eigenvalue weighted by molar-refractivity contribution is 5.86. The molecule has 3 aromatic heterocycles. The van der Waals surface area contributed by atoms with Crippen LogP contribution in [0.4, 0.5) is 0 Å². The van der Waals surface area contributed by atoms with Gasteiger partial charge >= 0.3 is 0 Å². The van der Waals surface area contributed by atoms with Crippen molar-refractivity contribution < 1.29 is 0 Å². The summed E-state index contributed by atoms with van der Waals surface area (Å²) in [6.07, 6.45) is 8.80. The summed E-state index contributed by atoms with van der Waals surface area (Å²) in [6, 6.07) is 4.47. The first-order chi connectivity index (χ1) is 10.8. The summed E-state index contributed by atoms with van der Waals surface area (Å²) >= 11 is 0. The van der Waals surface area contributed by atoms with Crippen LogP contribution in [0, 0.1) is 0 Å². The number of aromatic nitrogens is 4. The van der Waals surface area contributed by atoms with Crippen LogP contribution < -0.4 is 0 Å². The van der Waals surface area contributed by atoms with Gasteiger partial charge < -0.3 is 4.98 Å². The molecule has 0 unspecified atom stereocenters. The Morgan fingerprint density at radius 2 is 2.09 bits per heavy atom. The molecule has 0 saturated heterocycles. The summed E-state index contributed by atoms with van der Waals surface area (Å²) in [5, 5.41) is 5.68. The summed E-state index contributed by atoms with van der Waals surface area (Å²) in [6.45, 7) is 3.26. The number of nitrogens with zero attached hydrogens (tertiary/aromatic N) is 3.